The number of aliphatic carboxylic acids is 1. The molecule has 106 valence electrons. The van der Waals surface area contributed by atoms with Crippen molar-refractivity contribution in [2.75, 3.05) is 27.2 Å². The van der Waals surface area contributed by atoms with Crippen LogP contribution >= 0.6 is 0 Å². The third kappa shape index (κ3) is 4.22. The Morgan fingerprint density at radius 1 is 1.22 bits per heavy atom. The minimum Gasteiger partial charge on any atom is -0.481 e. The third-order valence-electron chi connectivity index (χ3n) is 3.42. The molecule has 0 amide bonds. The van der Waals surface area contributed by atoms with Crippen LogP contribution in [0.3, 0.4) is 0 Å². The third-order valence-corrected chi connectivity index (χ3v) is 5.33. The summed E-state index contributed by atoms with van der Waals surface area (Å²) in [5.74, 6) is -0.548. The number of carboxylic acid groups (broad SMARTS) is 1. The van der Waals surface area contributed by atoms with Gasteiger partial charge in [-0.25, -0.2) is 0 Å². The molecular formula is C11H22N2O4S. The molecule has 1 saturated carbocycles. The molecule has 7 heteroatoms. The lowest BCUT2D eigenvalue weighted by Gasteiger charge is -2.26. The lowest BCUT2D eigenvalue weighted by atomic mass is 10.1. The van der Waals surface area contributed by atoms with Gasteiger partial charge in [0.05, 0.1) is 6.42 Å². The van der Waals surface area contributed by atoms with Crippen molar-refractivity contribution in [2.45, 2.75) is 32.1 Å². The zero-order chi connectivity index (χ0) is 13.8. The number of nitrogens with zero attached hydrogens (tertiary/aromatic N) is 2. The van der Waals surface area contributed by atoms with Gasteiger partial charge in [-0.15, -0.1) is 0 Å². The summed E-state index contributed by atoms with van der Waals surface area (Å²) in [7, 11) is -0.538. The summed E-state index contributed by atoms with van der Waals surface area (Å²) >= 11 is 0. The monoisotopic (exact) mass is 278 g/mol. The molecule has 0 atom stereocenters. The maximum atomic E-state index is 12.1. The van der Waals surface area contributed by atoms with Crippen molar-refractivity contribution >= 4 is 16.2 Å². The molecule has 0 radical (unpaired) electrons. The van der Waals surface area contributed by atoms with Crippen LogP contribution in [-0.2, 0) is 15.0 Å². The van der Waals surface area contributed by atoms with E-state index >= 15 is 0 Å². The predicted molar refractivity (Wildman–Crippen MR) is 68.4 cm³/mol. The topological polar surface area (TPSA) is 77.9 Å². The Morgan fingerprint density at radius 2 is 1.78 bits per heavy atom. The fourth-order valence-corrected chi connectivity index (χ4v) is 3.45. The van der Waals surface area contributed by atoms with E-state index in [1.165, 1.54) is 24.2 Å². The lowest BCUT2D eigenvalue weighted by Crippen LogP contribution is -2.42. The van der Waals surface area contributed by atoms with Crippen LogP contribution in [0.4, 0.5) is 0 Å². The van der Waals surface area contributed by atoms with Gasteiger partial charge in [0, 0.05) is 27.2 Å². The molecule has 0 spiro atoms. The number of hydrogen-bond acceptors (Lipinski definition) is 3. The first-order valence-electron chi connectivity index (χ1n) is 6.23. The Morgan fingerprint density at radius 3 is 2.28 bits per heavy atom. The average Bonchev–Trinajstić information content (AvgIpc) is 2.78. The highest BCUT2D eigenvalue weighted by molar-refractivity contribution is 7.86. The van der Waals surface area contributed by atoms with Gasteiger partial charge in [-0.2, -0.15) is 17.0 Å². The van der Waals surface area contributed by atoms with E-state index in [-0.39, 0.29) is 13.0 Å². The van der Waals surface area contributed by atoms with Gasteiger partial charge in [0.1, 0.15) is 0 Å². The highest BCUT2D eigenvalue weighted by Crippen LogP contribution is 2.26. The molecule has 18 heavy (non-hydrogen) atoms. The van der Waals surface area contributed by atoms with Gasteiger partial charge in [0.15, 0.2) is 0 Å². The van der Waals surface area contributed by atoms with Crippen molar-refractivity contribution in [1.29, 1.82) is 0 Å². The Bertz CT molecular complexity index is 377. The molecule has 0 bridgehead atoms. The Labute approximate surface area is 109 Å². The minimum absolute atomic E-state index is 0.00662. The number of hydrogen-bond donors (Lipinski definition) is 1. The van der Waals surface area contributed by atoms with Crippen LogP contribution in [-0.4, -0.2) is 55.3 Å². The van der Waals surface area contributed by atoms with Gasteiger partial charge in [-0.1, -0.05) is 12.8 Å². The molecular weight excluding hydrogens is 256 g/mol. The minimum atomic E-state index is -3.52. The van der Waals surface area contributed by atoms with Crippen LogP contribution in [0.25, 0.3) is 0 Å². The fraction of sp³-hybridized carbons (Fsp3) is 0.909. The summed E-state index contributed by atoms with van der Waals surface area (Å²) in [6.45, 7) is 0.534. The number of carbonyl (C=O) groups is 1. The zero-order valence-electron chi connectivity index (χ0n) is 11.0. The molecule has 0 saturated heterocycles. The van der Waals surface area contributed by atoms with E-state index in [9.17, 15) is 13.2 Å². The normalized spacial score (nSPS) is 17.8. The Balaban J connectivity index is 2.52. The van der Waals surface area contributed by atoms with Crippen LogP contribution < -0.4 is 0 Å². The van der Waals surface area contributed by atoms with Gasteiger partial charge >= 0.3 is 5.97 Å². The van der Waals surface area contributed by atoms with Gasteiger partial charge in [0.2, 0.25) is 0 Å². The molecule has 0 aromatic carbocycles. The Kier molecular flexibility index (Phi) is 5.55. The summed E-state index contributed by atoms with van der Waals surface area (Å²) in [5, 5.41) is 8.56. The van der Waals surface area contributed by atoms with Crippen molar-refractivity contribution in [3.05, 3.63) is 0 Å². The molecule has 0 aliphatic heterocycles. The largest absolute Gasteiger partial charge is 0.481 e. The molecule has 0 aromatic heterocycles. The summed E-state index contributed by atoms with van der Waals surface area (Å²) in [5.41, 5.74) is 0. The second-order valence-electron chi connectivity index (χ2n) is 4.90. The van der Waals surface area contributed by atoms with E-state index in [2.05, 4.69) is 0 Å². The van der Waals surface area contributed by atoms with Gasteiger partial charge in [0.25, 0.3) is 10.2 Å². The summed E-state index contributed by atoms with van der Waals surface area (Å²) in [4.78, 5) is 10.4. The second kappa shape index (κ2) is 6.49. The van der Waals surface area contributed by atoms with E-state index in [1.54, 1.807) is 7.05 Å². The standard InChI is InChI=1S/C11H22N2O4S/c1-12(8-7-11(14)15)18(16,17)13(2)9-10-5-3-4-6-10/h10H,3-9H2,1-2H3,(H,14,15). The van der Waals surface area contributed by atoms with Crippen molar-refractivity contribution in [3.8, 4) is 0 Å². The van der Waals surface area contributed by atoms with Crippen LogP contribution in [0.2, 0.25) is 0 Å². The van der Waals surface area contributed by atoms with Crippen molar-refractivity contribution in [1.82, 2.24) is 8.61 Å². The zero-order valence-corrected chi connectivity index (χ0v) is 11.8. The van der Waals surface area contributed by atoms with Crippen molar-refractivity contribution < 1.29 is 18.3 Å². The van der Waals surface area contributed by atoms with E-state index in [0.717, 1.165) is 17.1 Å². The number of rotatable bonds is 7. The first-order chi connectivity index (χ1) is 8.34. The maximum absolute atomic E-state index is 12.1. The summed E-state index contributed by atoms with van der Waals surface area (Å²) < 4.78 is 26.6. The van der Waals surface area contributed by atoms with E-state index < -0.39 is 16.2 Å². The maximum Gasteiger partial charge on any atom is 0.304 e. The summed E-state index contributed by atoms with van der Waals surface area (Å²) in [6.07, 6.45) is 4.34. The quantitative estimate of drug-likeness (QED) is 0.746. The molecule has 1 aliphatic carbocycles. The predicted octanol–water partition coefficient (Wildman–Crippen LogP) is 0.760. The molecule has 0 unspecified atom stereocenters. The van der Waals surface area contributed by atoms with Crippen LogP contribution in [0.1, 0.15) is 32.1 Å². The van der Waals surface area contributed by atoms with E-state index in [1.807, 2.05) is 0 Å². The van der Waals surface area contributed by atoms with Gasteiger partial charge in [-0.3, -0.25) is 4.79 Å². The van der Waals surface area contributed by atoms with Gasteiger partial charge in [-0.05, 0) is 18.8 Å². The second-order valence-corrected chi connectivity index (χ2v) is 7.05. The molecule has 0 heterocycles. The average molecular weight is 278 g/mol. The summed E-state index contributed by atoms with van der Waals surface area (Å²) in [6, 6.07) is 0. The number of carboxylic acids is 1. The molecule has 1 rings (SSSR count). The molecule has 0 aromatic rings. The molecule has 1 aliphatic rings. The van der Waals surface area contributed by atoms with Crippen molar-refractivity contribution in [2.24, 2.45) is 5.92 Å². The SMILES string of the molecule is CN(CCC(=O)O)S(=O)(=O)N(C)CC1CCCC1. The first kappa shape index (κ1) is 15.4. The van der Waals surface area contributed by atoms with Crippen LogP contribution in [0.15, 0.2) is 0 Å². The fourth-order valence-electron chi connectivity index (χ4n) is 2.26. The van der Waals surface area contributed by atoms with E-state index in [4.69, 9.17) is 5.11 Å². The highest BCUT2D eigenvalue weighted by Gasteiger charge is 2.27. The molecule has 1 N–H and O–H groups in total. The van der Waals surface area contributed by atoms with Gasteiger partial charge < -0.3 is 5.11 Å². The van der Waals surface area contributed by atoms with Crippen LogP contribution in [0.5, 0.6) is 0 Å². The lowest BCUT2D eigenvalue weighted by molar-refractivity contribution is -0.137. The smallest absolute Gasteiger partial charge is 0.304 e. The van der Waals surface area contributed by atoms with E-state index in [0.29, 0.717) is 12.5 Å². The van der Waals surface area contributed by atoms with Crippen LogP contribution in [0, 0.1) is 5.92 Å². The first-order valence-corrected chi connectivity index (χ1v) is 7.63. The Hall–Kier alpha value is -0.660. The molecule has 1 fully saturated rings. The molecule has 6 nitrogen and oxygen atoms in total. The van der Waals surface area contributed by atoms with Crippen molar-refractivity contribution in [3.63, 3.8) is 0 Å². The highest BCUT2D eigenvalue weighted by atomic mass is 32.2.